The quantitative estimate of drug-likeness (QED) is 0.393. The number of rotatable bonds is 8. The summed E-state index contributed by atoms with van der Waals surface area (Å²) in [6.07, 6.45) is 3.63. The van der Waals surface area contributed by atoms with E-state index in [1.54, 1.807) is 12.4 Å². The number of aromatic nitrogens is 2. The number of benzene rings is 2. The molecular weight excluding hydrogens is 428 g/mol. The van der Waals surface area contributed by atoms with E-state index in [0.717, 1.165) is 26.4 Å². The van der Waals surface area contributed by atoms with Crippen molar-refractivity contribution in [2.75, 3.05) is 11.1 Å². The Morgan fingerprint density at radius 1 is 1.00 bits per heavy atom. The highest BCUT2D eigenvalue weighted by molar-refractivity contribution is 8.01. The van der Waals surface area contributed by atoms with Gasteiger partial charge >= 0.3 is 0 Å². The summed E-state index contributed by atoms with van der Waals surface area (Å²) in [5, 5.41) is 9.79. The van der Waals surface area contributed by atoms with Gasteiger partial charge in [0.05, 0.1) is 17.9 Å². The van der Waals surface area contributed by atoms with Crippen LogP contribution in [0.25, 0.3) is 10.8 Å². The van der Waals surface area contributed by atoms with Crippen molar-refractivity contribution in [3.63, 3.8) is 0 Å². The normalized spacial score (nSPS) is 10.7. The molecule has 156 valence electrons. The van der Waals surface area contributed by atoms with Gasteiger partial charge in [0.1, 0.15) is 0 Å². The Kier molecular flexibility index (Phi) is 6.91. The van der Waals surface area contributed by atoms with Crippen molar-refractivity contribution in [3.8, 4) is 0 Å². The van der Waals surface area contributed by atoms with E-state index in [2.05, 4.69) is 20.6 Å². The zero-order chi connectivity index (χ0) is 21.5. The molecular formula is C23H20N4O2S2. The number of fused-ring (bicyclic) bond motifs is 1. The summed E-state index contributed by atoms with van der Waals surface area (Å²) >= 11 is 2.81. The minimum Gasteiger partial charge on any atom is -0.352 e. The van der Waals surface area contributed by atoms with Crippen LogP contribution in [0.1, 0.15) is 11.3 Å². The van der Waals surface area contributed by atoms with Crippen LogP contribution in [0.2, 0.25) is 0 Å². The van der Waals surface area contributed by atoms with Gasteiger partial charge in [-0.25, -0.2) is 4.98 Å². The molecule has 0 aliphatic carbocycles. The number of thioether (sulfide) groups is 1. The number of amides is 2. The number of thiazole rings is 1. The minimum absolute atomic E-state index is 0.0904. The van der Waals surface area contributed by atoms with Gasteiger partial charge in [-0.1, -0.05) is 54.2 Å². The Morgan fingerprint density at radius 3 is 2.74 bits per heavy atom. The van der Waals surface area contributed by atoms with E-state index in [1.165, 1.54) is 23.1 Å². The van der Waals surface area contributed by atoms with Gasteiger partial charge in [0.25, 0.3) is 0 Å². The number of carbonyl (C=O) groups excluding carboxylic acids is 2. The molecule has 0 aliphatic heterocycles. The van der Waals surface area contributed by atoms with Crippen LogP contribution in [-0.2, 0) is 22.6 Å². The Balaban J connectivity index is 1.26. The van der Waals surface area contributed by atoms with Gasteiger partial charge in [0.2, 0.25) is 11.8 Å². The standard InChI is InChI=1S/C23H20N4O2S2/c28-21(25-13-16-5-4-10-24-12-16)11-18-14-30-23(26-18)31-15-22(29)27-20-9-3-7-17-6-1-2-8-19(17)20/h1-10,12,14H,11,13,15H2,(H,25,28)(H,27,29). The summed E-state index contributed by atoms with van der Waals surface area (Å²) in [4.78, 5) is 33.0. The molecule has 0 fully saturated rings. The smallest absolute Gasteiger partial charge is 0.234 e. The van der Waals surface area contributed by atoms with Gasteiger partial charge in [0, 0.05) is 35.4 Å². The van der Waals surface area contributed by atoms with Crippen LogP contribution in [0.4, 0.5) is 5.69 Å². The fourth-order valence-electron chi connectivity index (χ4n) is 3.01. The Bertz CT molecular complexity index is 1190. The number of hydrogen-bond acceptors (Lipinski definition) is 6. The topological polar surface area (TPSA) is 84.0 Å². The molecule has 2 aromatic carbocycles. The fraction of sp³-hybridized carbons (Fsp3) is 0.130. The maximum absolute atomic E-state index is 12.4. The molecule has 2 N–H and O–H groups in total. The van der Waals surface area contributed by atoms with E-state index >= 15 is 0 Å². The first-order valence-corrected chi connectivity index (χ1v) is 11.5. The fourth-order valence-corrected chi connectivity index (χ4v) is 4.66. The third-order valence-electron chi connectivity index (χ3n) is 4.48. The average molecular weight is 449 g/mol. The monoisotopic (exact) mass is 448 g/mol. The molecule has 0 spiro atoms. The Morgan fingerprint density at radius 2 is 1.87 bits per heavy atom. The first kappa shape index (κ1) is 21.0. The van der Waals surface area contributed by atoms with E-state index in [4.69, 9.17) is 0 Å². The summed E-state index contributed by atoms with van der Waals surface area (Å²) in [6.45, 7) is 0.437. The van der Waals surface area contributed by atoms with Gasteiger partial charge < -0.3 is 10.6 Å². The molecule has 8 heteroatoms. The van der Waals surface area contributed by atoms with Crippen molar-refractivity contribution >= 4 is 51.4 Å². The highest BCUT2D eigenvalue weighted by Crippen LogP contribution is 2.25. The predicted molar refractivity (Wildman–Crippen MR) is 125 cm³/mol. The van der Waals surface area contributed by atoms with E-state index in [-0.39, 0.29) is 24.0 Å². The number of carbonyl (C=O) groups is 2. The second kappa shape index (κ2) is 10.2. The molecule has 0 radical (unpaired) electrons. The predicted octanol–water partition coefficient (Wildman–Crippen LogP) is 4.28. The molecule has 2 heterocycles. The number of anilines is 1. The number of nitrogens with one attached hydrogen (secondary N) is 2. The maximum Gasteiger partial charge on any atom is 0.234 e. The van der Waals surface area contributed by atoms with Crippen LogP contribution in [0.3, 0.4) is 0 Å². The minimum atomic E-state index is -0.0978. The van der Waals surface area contributed by atoms with Crippen LogP contribution in [0.15, 0.2) is 76.7 Å². The van der Waals surface area contributed by atoms with Gasteiger partial charge in [-0.2, -0.15) is 0 Å². The SMILES string of the molecule is O=C(Cc1csc(SCC(=O)Nc2cccc3ccccc23)n1)NCc1cccnc1. The van der Waals surface area contributed by atoms with Crippen molar-refractivity contribution < 1.29 is 9.59 Å². The van der Waals surface area contributed by atoms with E-state index < -0.39 is 0 Å². The molecule has 6 nitrogen and oxygen atoms in total. The number of hydrogen-bond donors (Lipinski definition) is 2. The summed E-state index contributed by atoms with van der Waals surface area (Å²) in [5.74, 6) is 0.0651. The summed E-state index contributed by atoms with van der Waals surface area (Å²) in [7, 11) is 0. The van der Waals surface area contributed by atoms with Crippen molar-refractivity contribution in [1.29, 1.82) is 0 Å². The number of nitrogens with zero attached hydrogens (tertiary/aromatic N) is 2. The molecule has 31 heavy (non-hydrogen) atoms. The summed E-state index contributed by atoms with van der Waals surface area (Å²) in [5.41, 5.74) is 2.45. The molecule has 0 aliphatic rings. The summed E-state index contributed by atoms with van der Waals surface area (Å²) < 4.78 is 0.767. The van der Waals surface area contributed by atoms with Crippen molar-refractivity contribution in [2.24, 2.45) is 0 Å². The molecule has 0 saturated carbocycles. The van der Waals surface area contributed by atoms with Crippen molar-refractivity contribution in [3.05, 3.63) is 83.6 Å². The lowest BCUT2D eigenvalue weighted by atomic mass is 10.1. The lowest BCUT2D eigenvalue weighted by Crippen LogP contribution is -2.24. The largest absolute Gasteiger partial charge is 0.352 e. The molecule has 4 aromatic rings. The molecule has 2 aromatic heterocycles. The van der Waals surface area contributed by atoms with Gasteiger partial charge in [-0.3, -0.25) is 14.6 Å². The van der Waals surface area contributed by atoms with E-state index in [0.29, 0.717) is 12.2 Å². The average Bonchev–Trinajstić information content (AvgIpc) is 3.24. The molecule has 0 bridgehead atoms. The third kappa shape index (κ3) is 5.90. The van der Waals surface area contributed by atoms with Crippen molar-refractivity contribution in [1.82, 2.24) is 15.3 Å². The second-order valence-electron chi connectivity index (χ2n) is 6.78. The van der Waals surface area contributed by atoms with Crippen LogP contribution < -0.4 is 10.6 Å². The molecule has 0 unspecified atom stereocenters. The van der Waals surface area contributed by atoms with Crippen LogP contribution in [-0.4, -0.2) is 27.5 Å². The van der Waals surface area contributed by atoms with Gasteiger partial charge in [0.15, 0.2) is 4.34 Å². The van der Waals surface area contributed by atoms with Crippen LogP contribution in [0.5, 0.6) is 0 Å². The van der Waals surface area contributed by atoms with E-state index in [9.17, 15) is 9.59 Å². The first-order chi connectivity index (χ1) is 15.2. The van der Waals surface area contributed by atoms with E-state index in [1.807, 2.05) is 60.0 Å². The molecule has 0 saturated heterocycles. The van der Waals surface area contributed by atoms with Crippen LogP contribution in [0, 0.1) is 0 Å². The zero-order valence-electron chi connectivity index (χ0n) is 16.6. The third-order valence-corrected chi connectivity index (χ3v) is 6.55. The molecule has 2 amide bonds. The summed E-state index contributed by atoms with van der Waals surface area (Å²) in [6, 6.07) is 17.5. The Labute approximate surface area is 188 Å². The van der Waals surface area contributed by atoms with Gasteiger partial charge in [-0.05, 0) is 23.1 Å². The lowest BCUT2D eigenvalue weighted by molar-refractivity contribution is -0.120. The molecule has 4 rings (SSSR count). The second-order valence-corrected chi connectivity index (χ2v) is 8.86. The first-order valence-electron chi connectivity index (χ1n) is 9.68. The Hall–Kier alpha value is -3.23. The zero-order valence-corrected chi connectivity index (χ0v) is 18.2. The lowest BCUT2D eigenvalue weighted by Gasteiger charge is -2.08. The van der Waals surface area contributed by atoms with Crippen LogP contribution >= 0.6 is 23.1 Å². The highest BCUT2D eigenvalue weighted by Gasteiger charge is 2.11. The highest BCUT2D eigenvalue weighted by atomic mass is 32.2. The number of pyridine rings is 1. The van der Waals surface area contributed by atoms with Crippen molar-refractivity contribution in [2.45, 2.75) is 17.3 Å². The maximum atomic E-state index is 12.4. The molecule has 0 atom stereocenters. The van der Waals surface area contributed by atoms with Gasteiger partial charge in [-0.15, -0.1) is 11.3 Å².